The fourth-order valence-electron chi connectivity index (χ4n) is 2.11. The maximum Gasteiger partial charge on any atom is 0.311 e. The lowest BCUT2D eigenvalue weighted by molar-refractivity contribution is -0.385. The molecule has 0 amide bonds. The van der Waals surface area contributed by atoms with E-state index in [2.05, 4.69) is 9.97 Å². The van der Waals surface area contributed by atoms with Crippen molar-refractivity contribution in [2.45, 2.75) is 0 Å². The number of benzene rings is 1. The van der Waals surface area contributed by atoms with Crippen LogP contribution < -0.4 is 4.74 Å². The highest BCUT2D eigenvalue weighted by Crippen LogP contribution is 2.32. The van der Waals surface area contributed by atoms with Gasteiger partial charge < -0.3 is 9.72 Å². The standard InChI is InChI=1S/C14H11N3O3/c1-20-14-5-4-9(7-13(14)17(18)19)11-8-12-10(16-11)3-2-6-15-12/h2-8,16H,1H3. The Bertz CT molecular complexity index is 762. The van der Waals surface area contributed by atoms with Crippen molar-refractivity contribution in [2.24, 2.45) is 0 Å². The smallest absolute Gasteiger partial charge is 0.311 e. The number of fused-ring (bicyclic) bond motifs is 1. The maximum atomic E-state index is 11.0. The highest BCUT2D eigenvalue weighted by atomic mass is 16.6. The molecule has 0 bridgehead atoms. The van der Waals surface area contributed by atoms with Crippen LogP contribution in [-0.4, -0.2) is 22.0 Å². The Balaban J connectivity index is 2.14. The number of nitro groups is 1. The van der Waals surface area contributed by atoms with Crippen LogP contribution in [0, 0.1) is 10.1 Å². The van der Waals surface area contributed by atoms with E-state index in [4.69, 9.17) is 4.74 Å². The summed E-state index contributed by atoms with van der Waals surface area (Å²) < 4.78 is 4.99. The van der Waals surface area contributed by atoms with Gasteiger partial charge in [-0.2, -0.15) is 0 Å². The van der Waals surface area contributed by atoms with Gasteiger partial charge in [0, 0.05) is 23.5 Å². The Morgan fingerprint density at radius 2 is 2.15 bits per heavy atom. The van der Waals surface area contributed by atoms with Gasteiger partial charge in [0.2, 0.25) is 0 Å². The molecule has 0 aliphatic carbocycles. The fourth-order valence-corrected chi connectivity index (χ4v) is 2.11. The minimum Gasteiger partial charge on any atom is -0.490 e. The molecule has 0 saturated carbocycles. The Hall–Kier alpha value is -2.89. The summed E-state index contributed by atoms with van der Waals surface area (Å²) in [5.74, 6) is 0.244. The highest BCUT2D eigenvalue weighted by Gasteiger charge is 2.16. The quantitative estimate of drug-likeness (QED) is 0.585. The van der Waals surface area contributed by atoms with Crippen molar-refractivity contribution in [3.05, 3.63) is 52.7 Å². The van der Waals surface area contributed by atoms with Crippen LogP contribution >= 0.6 is 0 Å². The molecule has 2 aromatic heterocycles. The second-order valence-corrected chi connectivity index (χ2v) is 4.26. The molecular formula is C14H11N3O3. The van der Waals surface area contributed by atoms with Crippen LogP contribution in [0.15, 0.2) is 42.6 Å². The number of aromatic amines is 1. The van der Waals surface area contributed by atoms with Crippen molar-refractivity contribution in [3.8, 4) is 17.0 Å². The lowest BCUT2D eigenvalue weighted by Gasteiger charge is -2.03. The van der Waals surface area contributed by atoms with Gasteiger partial charge >= 0.3 is 5.69 Å². The summed E-state index contributed by atoms with van der Waals surface area (Å²) in [6.45, 7) is 0. The topological polar surface area (TPSA) is 81.0 Å². The average Bonchev–Trinajstić information content (AvgIpc) is 2.90. The number of hydrogen-bond donors (Lipinski definition) is 1. The third kappa shape index (κ3) is 1.97. The molecule has 0 fully saturated rings. The van der Waals surface area contributed by atoms with E-state index in [1.165, 1.54) is 13.2 Å². The van der Waals surface area contributed by atoms with Crippen molar-refractivity contribution < 1.29 is 9.66 Å². The van der Waals surface area contributed by atoms with E-state index in [1.54, 1.807) is 18.3 Å². The van der Waals surface area contributed by atoms with Gasteiger partial charge in [0.15, 0.2) is 5.75 Å². The summed E-state index contributed by atoms with van der Waals surface area (Å²) in [7, 11) is 1.41. The molecule has 3 rings (SSSR count). The van der Waals surface area contributed by atoms with E-state index >= 15 is 0 Å². The molecule has 0 spiro atoms. The molecular weight excluding hydrogens is 258 g/mol. The molecule has 0 radical (unpaired) electrons. The van der Waals surface area contributed by atoms with Gasteiger partial charge in [-0.15, -0.1) is 0 Å². The Morgan fingerprint density at radius 3 is 2.85 bits per heavy atom. The largest absolute Gasteiger partial charge is 0.490 e. The number of hydrogen-bond acceptors (Lipinski definition) is 4. The number of ether oxygens (including phenoxy) is 1. The second-order valence-electron chi connectivity index (χ2n) is 4.26. The first kappa shape index (κ1) is 12.2. The van der Waals surface area contributed by atoms with Crippen LogP contribution in [0.3, 0.4) is 0 Å². The number of aromatic nitrogens is 2. The molecule has 0 saturated heterocycles. The normalized spacial score (nSPS) is 10.7. The minimum atomic E-state index is -0.455. The molecule has 1 N–H and O–H groups in total. The first-order valence-corrected chi connectivity index (χ1v) is 5.95. The molecule has 20 heavy (non-hydrogen) atoms. The van der Waals surface area contributed by atoms with E-state index in [0.29, 0.717) is 0 Å². The lowest BCUT2D eigenvalue weighted by Crippen LogP contribution is -1.94. The third-order valence-corrected chi connectivity index (χ3v) is 3.08. The summed E-state index contributed by atoms with van der Waals surface area (Å²) in [6, 6.07) is 10.5. The molecule has 2 heterocycles. The number of pyridine rings is 1. The van der Waals surface area contributed by atoms with Gasteiger partial charge in [-0.3, -0.25) is 15.1 Å². The van der Waals surface area contributed by atoms with Crippen molar-refractivity contribution in [2.75, 3.05) is 7.11 Å². The van der Waals surface area contributed by atoms with Crippen LogP contribution in [-0.2, 0) is 0 Å². The van der Waals surface area contributed by atoms with Gasteiger partial charge in [0.1, 0.15) is 0 Å². The zero-order valence-electron chi connectivity index (χ0n) is 10.7. The van der Waals surface area contributed by atoms with Crippen LogP contribution in [0.1, 0.15) is 0 Å². The molecule has 6 heteroatoms. The molecule has 100 valence electrons. The first-order valence-electron chi connectivity index (χ1n) is 5.95. The van der Waals surface area contributed by atoms with E-state index in [9.17, 15) is 10.1 Å². The monoisotopic (exact) mass is 269 g/mol. The SMILES string of the molecule is COc1ccc(-c2cc3ncccc3[nH]2)cc1[N+](=O)[O-]. The predicted molar refractivity (Wildman–Crippen MR) is 74.7 cm³/mol. The fraction of sp³-hybridized carbons (Fsp3) is 0.0714. The van der Waals surface area contributed by atoms with Gasteiger partial charge in [-0.25, -0.2) is 0 Å². The van der Waals surface area contributed by atoms with Crippen LogP contribution in [0.2, 0.25) is 0 Å². The van der Waals surface area contributed by atoms with Gasteiger partial charge in [0.25, 0.3) is 0 Å². The number of nitrogens with zero attached hydrogens (tertiary/aromatic N) is 2. The van der Waals surface area contributed by atoms with Crippen molar-refractivity contribution in [3.63, 3.8) is 0 Å². The Kier molecular flexibility index (Phi) is 2.83. The lowest BCUT2D eigenvalue weighted by atomic mass is 10.1. The summed E-state index contributed by atoms with van der Waals surface area (Å²) in [6.07, 6.45) is 1.70. The van der Waals surface area contributed by atoms with Crippen molar-refractivity contribution in [1.82, 2.24) is 9.97 Å². The van der Waals surface area contributed by atoms with Crippen LogP contribution in [0.5, 0.6) is 5.75 Å². The summed E-state index contributed by atoms with van der Waals surface area (Å²) in [5.41, 5.74) is 3.15. The molecule has 0 aliphatic rings. The van der Waals surface area contributed by atoms with Gasteiger partial charge in [0.05, 0.1) is 23.1 Å². The van der Waals surface area contributed by atoms with Gasteiger partial charge in [-0.05, 0) is 30.3 Å². The summed E-state index contributed by atoms with van der Waals surface area (Å²) in [5, 5.41) is 11.0. The molecule has 0 atom stereocenters. The Labute approximate surface area is 114 Å². The number of methoxy groups -OCH3 is 1. The van der Waals surface area contributed by atoms with E-state index in [-0.39, 0.29) is 11.4 Å². The third-order valence-electron chi connectivity index (χ3n) is 3.08. The van der Waals surface area contributed by atoms with Crippen molar-refractivity contribution in [1.29, 1.82) is 0 Å². The van der Waals surface area contributed by atoms with E-state index < -0.39 is 4.92 Å². The second kappa shape index (κ2) is 4.65. The zero-order valence-corrected chi connectivity index (χ0v) is 10.7. The summed E-state index contributed by atoms with van der Waals surface area (Å²) in [4.78, 5) is 18.0. The molecule has 0 aliphatic heterocycles. The minimum absolute atomic E-state index is 0.0587. The molecule has 3 aromatic rings. The predicted octanol–water partition coefficient (Wildman–Crippen LogP) is 3.15. The van der Waals surface area contributed by atoms with Crippen LogP contribution in [0.4, 0.5) is 5.69 Å². The average molecular weight is 269 g/mol. The van der Waals surface area contributed by atoms with Crippen molar-refractivity contribution >= 4 is 16.7 Å². The number of rotatable bonds is 3. The van der Waals surface area contributed by atoms with Gasteiger partial charge in [-0.1, -0.05) is 0 Å². The highest BCUT2D eigenvalue weighted by molar-refractivity contribution is 5.83. The first-order chi connectivity index (χ1) is 9.69. The van der Waals surface area contributed by atoms with E-state index in [0.717, 1.165) is 22.3 Å². The zero-order chi connectivity index (χ0) is 14.1. The molecule has 1 aromatic carbocycles. The number of H-pyrrole nitrogens is 1. The number of nitro benzene ring substituents is 1. The number of nitrogens with one attached hydrogen (secondary N) is 1. The maximum absolute atomic E-state index is 11.0. The summed E-state index contributed by atoms with van der Waals surface area (Å²) >= 11 is 0. The Morgan fingerprint density at radius 1 is 1.30 bits per heavy atom. The molecule has 6 nitrogen and oxygen atoms in total. The molecule has 0 unspecified atom stereocenters. The van der Waals surface area contributed by atoms with E-state index in [1.807, 2.05) is 18.2 Å². The van der Waals surface area contributed by atoms with Crippen LogP contribution in [0.25, 0.3) is 22.3 Å².